The van der Waals surface area contributed by atoms with E-state index in [9.17, 15) is 0 Å². The molecule has 19 heavy (non-hydrogen) atoms. The summed E-state index contributed by atoms with van der Waals surface area (Å²) in [5, 5.41) is 0. The minimum absolute atomic E-state index is 0.135. The zero-order valence-electron chi connectivity index (χ0n) is 10.1. The Labute approximate surface area is 113 Å². The molecule has 2 aromatic heterocycles. The summed E-state index contributed by atoms with van der Waals surface area (Å²) in [5.74, 6) is 1.19. The van der Waals surface area contributed by atoms with Gasteiger partial charge in [0.25, 0.3) is 5.88 Å². The number of hydrogen-bond acceptors (Lipinski definition) is 6. The topological polar surface area (TPSA) is 89.7 Å². The van der Waals surface area contributed by atoms with E-state index in [1.807, 2.05) is 30.5 Å². The van der Waals surface area contributed by atoms with Crippen molar-refractivity contribution in [3.05, 3.63) is 30.6 Å². The number of benzene rings is 1. The summed E-state index contributed by atoms with van der Waals surface area (Å²) >= 11 is 1.67. The Morgan fingerprint density at radius 2 is 2.00 bits per heavy atom. The molecule has 0 saturated heterocycles. The third kappa shape index (κ3) is 2.32. The molecule has 0 aliphatic carbocycles. The van der Waals surface area contributed by atoms with Crippen LogP contribution in [-0.4, -0.2) is 26.2 Å². The molecule has 3 rings (SSSR count). The molecule has 0 saturated carbocycles. The minimum atomic E-state index is 0.135. The van der Waals surface area contributed by atoms with Crippen molar-refractivity contribution in [2.24, 2.45) is 0 Å². The number of nitrogens with two attached hydrogens (primary N) is 1. The average molecular weight is 273 g/mol. The maximum absolute atomic E-state index is 5.72. The zero-order chi connectivity index (χ0) is 13.2. The molecule has 0 amide bonds. The Kier molecular flexibility index (Phi) is 2.96. The van der Waals surface area contributed by atoms with Crippen LogP contribution in [0.3, 0.4) is 0 Å². The number of nitrogens with one attached hydrogen (secondary N) is 1. The van der Waals surface area contributed by atoms with E-state index in [1.165, 1.54) is 11.2 Å². The third-order valence-electron chi connectivity index (χ3n) is 2.54. The number of aromatic amines is 1. The van der Waals surface area contributed by atoms with Crippen molar-refractivity contribution < 1.29 is 4.74 Å². The van der Waals surface area contributed by atoms with Gasteiger partial charge in [-0.05, 0) is 30.5 Å². The Morgan fingerprint density at radius 1 is 1.21 bits per heavy atom. The predicted molar refractivity (Wildman–Crippen MR) is 74.4 cm³/mol. The Bertz CT molecular complexity index is 710. The van der Waals surface area contributed by atoms with Gasteiger partial charge in [-0.1, -0.05) is 0 Å². The molecule has 0 aliphatic heterocycles. The van der Waals surface area contributed by atoms with Gasteiger partial charge in [-0.15, -0.1) is 11.8 Å². The monoisotopic (exact) mass is 273 g/mol. The van der Waals surface area contributed by atoms with E-state index >= 15 is 0 Å². The molecule has 0 spiro atoms. The van der Waals surface area contributed by atoms with Gasteiger partial charge in [0.2, 0.25) is 5.95 Å². The van der Waals surface area contributed by atoms with Gasteiger partial charge in [0.1, 0.15) is 11.3 Å². The van der Waals surface area contributed by atoms with Crippen LogP contribution in [0.2, 0.25) is 0 Å². The number of nitrogens with zero attached hydrogens (tertiary/aromatic N) is 3. The number of thioether (sulfide) groups is 1. The van der Waals surface area contributed by atoms with Crippen LogP contribution in [-0.2, 0) is 0 Å². The van der Waals surface area contributed by atoms with Crippen molar-refractivity contribution in [2.75, 3.05) is 12.0 Å². The van der Waals surface area contributed by atoms with E-state index in [2.05, 4.69) is 19.9 Å². The molecule has 0 radical (unpaired) electrons. The van der Waals surface area contributed by atoms with Crippen LogP contribution in [0, 0.1) is 0 Å². The number of hydrogen-bond donors (Lipinski definition) is 2. The van der Waals surface area contributed by atoms with Gasteiger partial charge >= 0.3 is 0 Å². The van der Waals surface area contributed by atoms with Crippen molar-refractivity contribution in [3.8, 4) is 11.6 Å². The Balaban J connectivity index is 1.97. The van der Waals surface area contributed by atoms with E-state index < -0.39 is 0 Å². The van der Waals surface area contributed by atoms with E-state index in [4.69, 9.17) is 10.5 Å². The molecule has 3 N–H and O–H groups in total. The van der Waals surface area contributed by atoms with E-state index in [1.54, 1.807) is 11.8 Å². The quantitative estimate of drug-likeness (QED) is 0.712. The number of anilines is 1. The smallest absolute Gasteiger partial charge is 0.250 e. The fourth-order valence-electron chi connectivity index (χ4n) is 1.65. The summed E-state index contributed by atoms with van der Waals surface area (Å²) in [6.45, 7) is 0. The molecule has 0 fully saturated rings. The standard InChI is InChI=1S/C12H11N5OS/c1-19-8-4-2-7(3-5-8)18-11-9-10(15-6-14-9)16-12(13)17-11/h2-6H,1H3,(H3,13,14,15,16,17). The normalized spacial score (nSPS) is 10.8. The highest BCUT2D eigenvalue weighted by atomic mass is 32.2. The van der Waals surface area contributed by atoms with Crippen LogP contribution in [0.1, 0.15) is 0 Å². The molecule has 6 nitrogen and oxygen atoms in total. The highest BCUT2D eigenvalue weighted by Gasteiger charge is 2.10. The second-order valence-corrected chi connectivity index (χ2v) is 4.65. The van der Waals surface area contributed by atoms with Crippen LogP contribution < -0.4 is 10.5 Å². The SMILES string of the molecule is CSc1ccc(Oc2nc(N)nc3nc[nH]c23)cc1. The fraction of sp³-hybridized carbons (Fsp3) is 0.0833. The van der Waals surface area contributed by atoms with Crippen molar-refractivity contribution in [3.63, 3.8) is 0 Å². The molecule has 0 aliphatic rings. The molecule has 0 atom stereocenters. The molecule has 1 aromatic carbocycles. The summed E-state index contributed by atoms with van der Waals surface area (Å²) in [5.41, 5.74) is 6.74. The van der Waals surface area contributed by atoms with Crippen molar-refractivity contribution in [2.45, 2.75) is 4.90 Å². The first-order chi connectivity index (χ1) is 9.26. The second-order valence-electron chi connectivity index (χ2n) is 3.77. The molecule has 2 heterocycles. The first-order valence-electron chi connectivity index (χ1n) is 5.55. The molecule has 0 unspecified atom stereocenters. The van der Waals surface area contributed by atoms with Gasteiger partial charge in [-0.3, -0.25) is 0 Å². The largest absolute Gasteiger partial charge is 0.437 e. The molecule has 3 aromatic rings. The second kappa shape index (κ2) is 4.77. The minimum Gasteiger partial charge on any atom is -0.437 e. The van der Waals surface area contributed by atoms with Gasteiger partial charge in [0, 0.05) is 4.90 Å². The fourth-order valence-corrected chi connectivity index (χ4v) is 2.06. The molecule has 0 bridgehead atoms. The number of fused-ring (bicyclic) bond motifs is 1. The zero-order valence-corrected chi connectivity index (χ0v) is 10.9. The van der Waals surface area contributed by atoms with Gasteiger partial charge < -0.3 is 15.5 Å². The van der Waals surface area contributed by atoms with Gasteiger partial charge in [-0.25, -0.2) is 4.98 Å². The van der Waals surface area contributed by atoms with Crippen molar-refractivity contribution in [1.82, 2.24) is 19.9 Å². The first kappa shape index (κ1) is 11.8. The molecule has 96 valence electrons. The van der Waals surface area contributed by atoms with Crippen molar-refractivity contribution >= 4 is 28.9 Å². The molecular formula is C12H11N5OS. The number of nitrogen functional groups attached to an aromatic ring is 1. The molecule has 7 heteroatoms. The average Bonchev–Trinajstić information content (AvgIpc) is 2.88. The molecular weight excluding hydrogens is 262 g/mol. The lowest BCUT2D eigenvalue weighted by atomic mass is 10.3. The van der Waals surface area contributed by atoms with Crippen LogP contribution in [0.15, 0.2) is 35.5 Å². The summed E-state index contributed by atoms with van der Waals surface area (Å²) in [7, 11) is 0. The first-order valence-corrected chi connectivity index (χ1v) is 6.77. The predicted octanol–water partition coefficient (Wildman–Crippen LogP) is 2.45. The lowest BCUT2D eigenvalue weighted by molar-refractivity contribution is 0.468. The third-order valence-corrected chi connectivity index (χ3v) is 3.29. The van der Waals surface area contributed by atoms with Crippen LogP contribution >= 0.6 is 11.8 Å². The van der Waals surface area contributed by atoms with E-state index in [-0.39, 0.29) is 5.95 Å². The maximum atomic E-state index is 5.72. The number of imidazole rings is 1. The van der Waals surface area contributed by atoms with Crippen LogP contribution in [0.5, 0.6) is 11.6 Å². The van der Waals surface area contributed by atoms with Gasteiger partial charge in [-0.2, -0.15) is 9.97 Å². The lowest BCUT2D eigenvalue weighted by Crippen LogP contribution is -1.98. The van der Waals surface area contributed by atoms with Crippen molar-refractivity contribution in [1.29, 1.82) is 0 Å². The summed E-state index contributed by atoms with van der Waals surface area (Å²) in [6, 6.07) is 7.72. The van der Waals surface area contributed by atoms with Gasteiger partial charge in [0.05, 0.1) is 6.33 Å². The van der Waals surface area contributed by atoms with E-state index in [0.29, 0.717) is 22.8 Å². The number of ether oxygens (including phenoxy) is 1. The lowest BCUT2D eigenvalue weighted by Gasteiger charge is -2.06. The highest BCUT2D eigenvalue weighted by molar-refractivity contribution is 7.98. The summed E-state index contributed by atoms with van der Waals surface area (Å²) in [4.78, 5) is 16.2. The maximum Gasteiger partial charge on any atom is 0.250 e. The van der Waals surface area contributed by atoms with Gasteiger partial charge in [0.15, 0.2) is 5.65 Å². The van der Waals surface area contributed by atoms with Crippen LogP contribution in [0.4, 0.5) is 5.95 Å². The number of H-pyrrole nitrogens is 1. The van der Waals surface area contributed by atoms with E-state index in [0.717, 1.165) is 0 Å². The van der Waals surface area contributed by atoms with Crippen LogP contribution in [0.25, 0.3) is 11.2 Å². The summed E-state index contributed by atoms with van der Waals surface area (Å²) < 4.78 is 5.72. The highest BCUT2D eigenvalue weighted by Crippen LogP contribution is 2.27. The Hall–Kier alpha value is -2.28. The Morgan fingerprint density at radius 3 is 2.74 bits per heavy atom. The summed E-state index contributed by atoms with van der Waals surface area (Å²) in [6.07, 6.45) is 3.55. The number of rotatable bonds is 3. The number of aromatic nitrogens is 4.